The van der Waals surface area contributed by atoms with Gasteiger partial charge in [0.15, 0.2) is 0 Å². The maximum atomic E-state index is 12.3. The van der Waals surface area contributed by atoms with E-state index in [1.54, 1.807) is 6.07 Å². The first kappa shape index (κ1) is 17.3. The molecule has 0 unspecified atom stereocenters. The zero-order chi connectivity index (χ0) is 18.7. The van der Waals surface area contributed by atoms with Gasteiger partial charge in [0.2, 0.25) is 5.91 Å². The van der Waals surface area contributed by atoms with Crippen LogP contribution in [0.1, 0.15) is 28.8 Å². The van der Waals surface area contributed by atoms with Crippen molar-refractivity contribution in [2.45, 2.75) is 18.3 Å². The van der Waals surface area contributed by atoms with Gasteiger partial charge in [-0.25, -0.2) is 0 Å². The summed E-state index contributed by atoms with van der Waals surface area (Å²) in [7, 11) is 0. The van der Waals surface area contributed by atoms with Crippen LogP contribution >= 0.6 is 0 Å². The Balaban J connectivity index is 1.30. The van der Waals surface area contributed by atoms with Gasteiger partial charge in [-0.2, -0.15) is 0 Å². The third-order valence-corrected chi connectivity index (χ3v) is 5.28. The molecule has 2 N–H and O–H groups in total. The van der Waals surface area contributed by atoms with Crippen LogP contribution in [0.4, 0.5) is 0 Å². The van der Waals surface area contributed by atoms with Crippen molar-refractivity contribution in [3.63, 3.8) is 0 Å². The largest absolute Gasteiger partial charge is 0.354 e. The Morgan fingerprint density at radius 1 is 0.815 bits per heavy atom. The lowest BCUT2D eigenvalue weighted by atomic mass is 9.96. The number of rotatable bonds is 6. The van der Waals surface area contributed by atoms with Gasteiger partial charge in [-0.05, 0) is 41.3 Å². The molecule has 1 saturated carbocycles. The fraction of sp³-hybridized carbons (Fsp3) is 0.217. The van der Waals surface area contributed by atoms with E-state index in [9.17, 15) is 9.59 Å². The van der Waals surface area contributed by atoms with E-state index in [2.05, 4.69) is 22.8 Å². The standard InChI is InChI=1S/C23H22N2O2/c26-21(25-16-23(12-13-23)20-8-2-1-3-9-20)15-24-22(27)19-11-10-17-6-4-5-7-18(17)14-19/h1-11,14H,12-13,15-16H2,(H,24,27)(H,25,26). The molecule has 0 aliphatic heterocycles. The Bertz CT molecular complexity index is 978. The lowest BCUT2D eigenvalue weighted by Crippen LogP contribution is -2.40. The predicted octanol–water partition coefficient (Wildman–Crippen LogP) is 3.42. The van der Waals surface area contributed by atoms with E-state index in [4.69, 9.17) is 0 Å². The van der Waals surface area contributed by atoms with Crippen molar-refractivity contribution in [3.8, 4) is 0 Å². The van der Waals surface area contributed by atoms with Crippen LogP contribution in [0.3, 0.4) is 0 Å². The summed E-state index contributed by atoms with van der Waals surface area (Å²) in [6.45, 7) is 0.595. The fourth-order valence-electron chi connectivity index (χ4n) is 3.43. The van der Waals surface area contributed by atoms with Gasteiger partial charge in [0.1, 0.15) is 0 Å². The molecule has 0 saturated heterocycles. The van der Waals surface area contributed by atoms with Gasteiger partial charge in [-0.1, -0.05) is 60.7 Å². The van der Waals surface area contributed by atoms with E-state index in [0.29, 0.717) is 12.1 Å². The first-order valence-electron chi connectivity index (χ1n) is 9.26. The van der Waals surface area contributed by atoms with Crippen LogP contribution < -0.4 is 10.6 Å². The van der Waals surface area contributed by atoms with Gasteiger partial charge >= 0.3 is 0 Å². The molecule has 4 nitrogen and oxygen atoms in total. The lowest BCUT2D eigenvalue weighted by molar-refractivity contribution is -0.120. The smallest absolute Gasteiger partial charge is 0.251 e. The van der Waals surface area contributed by atoms with Gasteiger partial charge < -0.3 is 10.6 Å². The first-order chi connectivity index (χ1) is 13.2. The molecule has 0 radical (unpaired) electrons. The summed E-state index contributed by atoms with van der Waals surface area (Å²) in [6, 6.07) is 23.7. The Morgan fingerprint density at radius 3 is 2.26 bits per heavy atom. The second kappa shape index (κ2) is 7.23. The van der Waals surface area contributed by atoms with Crippen LogP contribution in [0.2, 0.25) is 0 Å². The monoisotopic (exact) mass is 358 g/mol. The molecule has 4 rings (SSSR count). The van der Waals surface area contributed by atoms with Crippen LogP contribution in [-0.2, 0) is 10.2 Å². The number of carbonyl (C=O) groups is 2. The van der Waals surface area contributed by atoms with E-state index in [1.165, 1.54) is 5.56 Å². The number of fused-ring (bicyclic) bond motifs is 1. The van der Waals surface area contributed by atoms with Crippen molar-refractivity contribution in [2.75, 3.05) is 13.1 Å². The van der Waals surface area contributed by atoms with Gasteiger partial charge in [0.05, 0.1) is 6.54 Å². The van der Waals surface area contributed by atoms with E-state index >= 15 is 0 Å². The Morgan fingerprint density at radius 2 is 1.52 bits per heavy atom. The summed E-state index contributed by atoms with van der Waals surface area (Å²) in [4.78, 5) is 24.5. The molecule has 3 aromatic carbocycles. The molecular weight excluding hydrogens is 336 g/mol. The van der Waals surface area contributed by atoms with Crippen molar-refractivity contribution in [3.05, 3.63) is 83.9 Å². The SMILES string of the molecule is O=C(CNC(=O)c1ccc2ccccc2c1)NCC1(c2ccccc2)CC1. The van der Waals surface area contributed by atoms with Crippen LogP contribution in [-0.4, -0.2) is 24.9 Å². The number of benzene rings is 3. The number of amides is 2. The third-order valence-electron chi connectivity index (χ3n) is 5.28. The van der Waals surface area contributed by atoms with E-state index in [0.717, 1.165) is 23.6 Å². The van der Waals surface area contributed by atoms with Crippen molar-refractivity contribution in [2.24, 2.45) is 0 Å². The highest BCUT2D eigenvalue weighted by atomic mass is 16.2. The van der Waals surface area contributed by atoms with E-state index < -0.39 is 0 Å². The van der Waals surface area contributed by atoms with Crippen LogP contribution in [0.15, 0.2) is 72.8 Å². The lowest BCUT2D eigenvalue weighted by Gasteiger charge is -2.16. The minimum absolute atomic E-state index is 0.0173. The number of carbonyl (C=O) groups excluding carboxylic acids is 2. The molecule has 0 heterocycles. The van der Waals surface area contributed by atoms with Crippen molar-refractivity contribution in [1.82, 2.24) is 10.6 Å². The molecule has 0 bridgehead atoms. The molecule has 1 aliphatic rings. The Labute approximate surface area is 158 Å². The summed E-state index contributed by atoms with van der Waals surface area (Å²) in [5.74, 6) is -0.397. The minimum Gasteiger partial charge on any atom is -0.354 e. The first-order valence-corrected chi connectivity index (χ1v) is 9.26. The molecule has 3 aromatic rings. The Hall–Kier alpha value is -3.14. The van der Waals surface area contributed by atoms with Gasteiger partial charge in [0, 0.05) is 17.5 Å². The second-order valence-corrected chi connectivity index (χ2v) is 7.17. The number of hydrogen-bond acceptors (Lipinski definition) is 2. The third kappa shape index (κ3) is 3.85. The van der Waals surface area contributed by atoms with Crippen molar-refractivity contribution in [1.29, 1.82) is 0 Å². The maximum absolute atomic E-state index is 12.3. The average Bonchev–Trinajstić information content (AvgIpc) is 3.52. The zero-order valence-electron chi connectivity index (χ0n) is 15.1. The molecular formula is C23H22N2O2. The van der Waals surface area contributed by atoms with E-state index in [1.807, 2.05) is 54.6 Å². The van der Waals surface area contributed by atoms with Gasteiger partial charge in [-0.15, -0.1) is 0 Å². The number of hydrogen-bond donors (Lipinski definition) is 2. The molecule has 0 spiro atoms. The summed E-state index contributed by atoms with van der Waals surface area (Å²) in [6.07, 6.45) is 2.17. The highest BCUT2D eigenvalue weighted by Crippen LogP contribution is 2.47. The normalized spacial score (nSPS) is 14.5. The zero-order valence-corrected chi connectivity index (χ0v) is 15.1. The summed E-state index contributed by atoms with van der Waals surface area (Å²) in [5, 5.41) is 7.77. The Kier molecular flexibility index (Phi) is 4.63. The molecule has 2 amide bonds. The predicted molar refractivity (Wildman–Crippen MR) is 107 cm³/mol. The average molecular weight is 358 g/mol. The molecule has 4 heteroatoms. The molecule has 1 aliphatic carbocycles. The van der Waals surface area contributed by atoms with Crippen LogP contribution in [0, 0.1) is 0 Å². The van der Waals surface area contributed by atoms with E-state index in [-0.39, 0.29) is 23.8 Å². The van der Waals surface area contributed by atoms with Crippen LogP contribution in [0.25, 0.3) is 10.8 Å². The highest BCUT2D eigenvalue weighted by Gasteiger charge is 2.44. The second-order valence-electron chi connectivity index (χ2n) is 7.17. The fourth-order valence-corrected chi connectivity index (χ4v) is 3.43. The van der Waals surface area contributed by atoms with Crippen molar-refractivity contribution < 1.29 is 9.59 Å². The molecule has 27 heavy (non-hydrogen) atoms. The summed E-state index contributed by atoms with van der Waals surface area (Å²) < 4.78 is 0. The molecule has 0 aromatic heterocycles. The topological polar surface area (TPSA) is 58.2 Å². The number of nitrogens with one attached hydrogen (secondary N) is 2. The van der Waals surface area contributed by atoms with Gasteiger partial charge in [-0.3, -0.25) is 9.59 Å². The van der Waals surface area contributed by atoms with Crippen molar-refractivity contribution >= 4 is 22.6 Å². The summed E-state index contributed by atoms with van der Waals surface area (Å²) in [5.41, 5.74) is 1.90. The van der Waals surface area contributed by atoms with Crippen LogP contribution in [0.5, 0.6) is 0 Å². The minimum atomic E-state index is -0.236. The molecule has 0 atom stereocenters. The summed E-state index contributed by atoms with van der Waals surface area (Å²) >= 11 is 0. The quantitative estimate of drug-likeness (QED) is 0.709. The van der Waals surface area contributed by atoms with Gasteiger partial charge in [0.25, 0.3) is 5.91 Å². The highest BCUT2D eigenvalue weighted by molar-refractivity contribution is 6.00. The molecule has 1 fully saturated rings. The maximum Gasteiger partial charge on any atom is 0.251 e. The molecule has 136 valence electrons.